The van der Waals surface area contributed by atoms with Crippen LogP contribution in [0, 0.1) is 5.82 Å². The molecule has 0 saturated carbocycles. The Bertz CT molecular complexity index is 498. The Labute approximate surface area is 123 Å². The molecule has 0 unspecified atom stereocenters. The van der Waals surface area contributed by atoms with E-state index in [0.29, 0.717) is 5.56 Å². The first-order valence-electron chi connectivity index (χ1n) is 6.74. The molecular formula is C15H21FN2O3. The molecule has 116 valence electrons. The number of rotatable bonds is 5. The van der Waals surface area contributed by atoms with Crippen molar-refractivity contribution in [3.8, 4) is 0 Å². The lowest BCUT2D eigenvalue weighted by Crippen LogP contribution is -2.38. The van der Waals surface area contributed by atoms with E-state index in [0.717, 1.165) is 0 Å². The topological polar surface area (TPSA) is 67.4 Å². The standard InChI is InChI=1S/C15H21FN2O3/c1-15(2,3)21-14(20)18-8-7-17-13(19)10-11-5-4-6-12(16)9-11/h4-6,9H,7-8,10H2,1-3H3,(H,17,19)(H,18,20). The fraction of sp³-hybridized carbons (Fsp3) is 0.467. The summed E-state index contributed by atoms with van der Waals surface area (Å²) < 4.78 is 18.0. The van der Waals surface area contributed by atoms with E-state index in [1.807, 2.05) is 0 Å². The van der Waals surface area contributed by atoms with Crippen molar-refractivity contribution >= 4 is 12.0 Å². The van der Waals surface area contributed by atoms with Crippen molar-refractivity contribution in [1.29, 1.82) is 0 Å². The first-order valence-corrected chi connectivity index (χ1v) is 6.74. The third-order valence-corrected chi connectivity index (χ3v) is 2.37. The molecule has 0 fully saturated rings. The van der Waals surface area contributed by atoms with Crippen LogP contribution in [0.4, 0.5) is 9.18 Å². The molecule has 0 spiro atoms. The van der Waals surface area contributed by atoms with Crippen molar-refractivity contribution in [2.24, 2.45) is 0 Å². The number of hydrogen-bond acceptors (Lipinski definition) is 3. The Morgan fingerprint density at radius 1 is 1.19 bits per heavy atom. The van der Waals surface area contributed by atoms with E-state index in [9.17, 15) is 14.0 Å². The maximum Gasteiger partial charge on any atom is 0.407 e. The van der Waals surface area contributed by atoms with Crippen LogP contribution in [0.15, 0.2) is 24.3 Å². The van der Waals surface area contributed by atoms with E-state index >= 15 is 0 Å². The Kier molecular flexibility index (Phi) is 6.14. The zero-order valence-electron chi connectivity index (χ0n) is 12.5. The Morgan fingerprint density at radius 3 is 2.48 bits per heavy atom. The van der Waals surface area contributed by atoms with Crippen LogP contribution in [0.25, 0.3) is 0 Å². The van der Waals surface area contributed by atoms with Crippen molar-refractivity contribution in [3.63, 3.8) is 0 Å². The highest BCUT2D eigenvalue weighted by atomic mass is 19.1. The smallest absolute Gasteiger partial charge is 0.407 e. The number of benzene rings is 1. The normalized spacial score (nSPS) is 10.9. The second kappa shape index (κ2) is 7.61. The van der Waals surface area contributed by atoms with E-state index < -0.39 is 11.7 Å². The number of nitrogens with one attached hydrogen (secondary N) is 2. The van der Waals surface area contributed by atoms with E-state index in [1.54, 1.807) is 32.9 Å². The molecule has 21 heavy (non-hydrogen) atoms. The Hall–Kier alpha value is -2.11. The lowest BCUT2D eigenvalue weighted by molar-refractivity contribution is -0.120. The Balaban J connectivity index is 2.21. The van der Waals surface area contributed by atoms with Gasteiger partial charge in [-0.2, -0.15) is 0 Å². The number of amides is 2. The summed E-state index contributed by atoms with van der Waals surface area (Å²) in [5.41, 5.74) is 0.0534. The molecule has 0 aliphatic heterocycles. The van der Waals surface area contributed by atoms with Gasteiger partial charge in [0, 0.05) is 13.1 Å². The fourth-order valence-electron chi connectivity index (χ4n) is 1.58. The molecule has 0 atom stereocenters. The third kappa shape index (κ3) is 7.91. The van der Waals surface area contributed by atoms with Gasteiger partial charge in [-0.25, -0.2) is 9.18 Å². The zero-order chi connectivity index (χ0) is 15.9. The summed E-state index contributed by atoms with van der Waals surface area (Å²) in [4.78, 5) is 23.0. The van der Waals surface area contributed by atoms with E-state index in [-0.39, 0.29) is 31.2 Å². The van der Waals surface area contributed by atoms with Gasteiger partial charge < -0.3 is 15.4 Å². The predicted octanol–water partition coefficient (Wildman–Crippen LogP) is 2.01. The highest BCUT2D eigenvalue weighted by Crippen LogP contribution is 2.06. The quantitative estimate of drug-likeness (QED) is 0.817. The van der Waals surface area contributed by atoms with Gasteiger partial charge in [0.25, 0.3) is 0 Å². The van der Waals surface area contributed by atoms with Crippen LogP contribution >= 0.6 is 0 Å². The van der Waals surface area contributed by atoms with Crippen LogP contribution in [0.2, 0.25) is 0 Å². The molecule has 1 rings (SSSR count). The molecule has 1 aromatic rings. The lowest BCUT2D eigenvalue weighted by atomic mass is 10.1. The fourth-order valence-corrected chi connectivity index (χ4v) is 1.58. The maximum absolute atomic E-state index is 13.0. The molecule has 5 nitrogen and oxygen atoms in total. The molecule has 0 bridgehead atoms. The van der Waals surface area contributed by atoms with Crippen molar-refractivity contribution in [2.45, 2.75) is 32.8 Å². The molecule has 0 aliphatic carbocycles. The molecule has 2 N–H and O–H groups in total. The van der Waals surface area contributed by atoms with Gasteiger partial charge in [0.2, 0.25) is 5.91 Å². The summed E-state index contributed by atoms with van der Waals surface area (Å²) in [5.74, 6) is -0.599. The maximum atomic E-state index is 13.0. The highest BCUT2D eigenvalue weighted by molar-refractivity contribution is 5.78. The van der Waals surface area contributed by atoms with E-state index in [4.69, 9.17) is 4.74 Å². The number of ether oxygens (including phenoxy) is 1. The SMILES string of the molecule is CC(C)(C)OC(=O)NCCNC(=O)Cc1cccc(F)c1. The minimum absolute atomic E-state index is 0.101. The van der Waals surface area contributed by atoms with Gasteiger partial charge in [-0.3, -0.25) is 4.79 Å². The van der Waals surface area contributed by atoms with E-state index in [2.05, 4.69) is 10.6 Å². The molecular weight excluding hydrogens is 275 g/mol. The molecule has 0 saturated heterocycles. The average Bonchev–Trinajstić information content (AvgIpc) is 2.32. The van der Waals surface area contributed by atoms with Crippen LogP contribution in [-0.4, -0.2) is 30.7 Å². The molecule has 0 aliphatic rings. The van der Waals surface area contributed by atoms with Crippen LogP contribution in [0.1, 0.15) is 26.3 Å². The van der Waals surface area contributed by atoms with Crippen LogP contribution in [0.3, 0.4) is 0 Å². The van der Waals surface area contributed by atoms with Crippen molar-refractivity contribution in [3.05, 3.63) is 35.6 Å². The van der Waals surface area contributed by atoms with Gasteiger partial charge in [0.1, 0.15) is 11.4 Å². The van der Waals surface area contributed by atoms with Gasteiger partial charge >= 0.3 is 6.09 Å². The number of halogens is 1. The van der Waals surface area contributed by atoms with Crippen molar-refractivity contribution in [1.82, 2.24) is 10.6 Å². The first-order chi connectivity index (χ1) is 9.76. The summed E-state index contributed by atoms with van der Waals surface area (Å²) >= 11 is 0. The molecule has 0 radical (unpaired) electrons. The largest absolute Gasteiger partial charge is 0.444 e. The second-order valence-electron chi connectivity index (χ2n) is 5.59. The summed E-state index contributed by atoms with van der Waals surface area (Å²) in [6.45, 7) is 5.87. The minimum atomic E-state index is -0.551. The van der Waals surface area contributed by atoms with Crippen LogP contribution < -0.4 is 10.6 Å². The molecule has 1 aromatic carbocycles. The van der Waals surface area contributed by atoms with Gasteiger partial charge in [0.05, 0.1) is 6.42 Å². The van der Waals surface area contributed by atoms with Crippen molar-refractivity contribution < 1.29 is 18.7 Å². The predicted molar refractivity (Wildman–Crippen MR) is 77.4 cm³/mol. The summed E-state index contributed by atoms with van der Waals surface area (Å²) in [6, 6.07) is 5.88. The van der Waals surface area contributed by atoms with Crippen LogP contribution in [0.5, 0.6) is 0 Å². The molecule has 0 aromatic heterocycles. The number of carbonyl (C=O) groups is 2. The number of carbonyl (C=O) groups excluding carboxylic acids is 2. The number of alkyl carbamates (subject to hydrolysis) is 1. The molecule has 2 amide bonds. The Morgan fingerprint density at radius 2 is 1.86 bits per heavy atom. The summed E-state index contributed by atoms with van der Waals surface area (Å²) in [6.07, 6.45) is -0.425. The minimum Gasteiger partial charge on any atom is -0.444 e. The molecule has 0 heterocycles. The average molecular weight is 296 g/mol. The third-order valence-electron chi connectivity index (χ3n) is 2.37. The monoisotopic (exact) mass is 296 g/mol. The van der Waals surface area contributed by atoms with Gasteiger partial charge in [-0.15, -0.1) is 0 Å². The summed E-state index contributed by atoms with van der Waals surface area (Å²) in [5, 5.41) is 5.17. The van der Waals surface area contributed by atoms with Gasteiger partial charge in [-0.1, -0.05) is 12.1 Å². The second-order valence-corrected chi connectivity index (χ2v) is 5.59. The summed E-state index contributed by atoms with van der Waals surface area (Å²) in [7, 11) is 0. The first kappa shape index (κ1) is 16.9. The van der Waals surface area contributed by atoms with E-state index in [1.165, 1.54) is 12.1 Å². The van der Waals surface area contributed by atoms with Gasteiger partial charge in [0.15, 0.2) is 0 Å². The number of hydrogen-bond donors (Lipinski definition) is 2. The molecule has 6 heteroatoms. The van der Waals surface area contributed by atoms with Crippen LogP contribution in [-0.2, 0) is 16.0 Å². The van der Waals surface area contributed by atoms with Gasteiger partial charge in [-0.05, 0) is 38.5 Å². The highest BCUT2D eigenvalue weighted by Gasteiger charge is 2.15. The zero-order valence-corrected chi connectivity index (χ0v) is 12.5. The van der Waals surface area contributed by atoms with Crippen molar-refractivity contribution in [2.75, 3.05) is 13.1 Å². The lowest BCUT2D eigenvalue weighted by Gasteiger charge is -2.19.